The van der Waals surface area contributed by atoms with Crippen LogP contribution < -0.4 is 5.56 Å². The van der Waals surface area contributed by atoms with E-state index in [0.29, 0.717) is 13.1 Å². The van der Waals surface area contributed by atoms with Crippen molar-refractivity contribution in [1.29, 1.82) is 0 Å². The van der Waals surface area contributed by atoms with E-state index < -0.39 is 0 Å². The molecule has 34 heavy (non-hydrogen) atoms. The summed E-state index contributed by atoms with van der Waals surface area (Å²) in [6.45, 7) is 13.7. The monoisotopic (exact) mass is 458 g/mol. The average Bonchev–Trinajstić information content (AvgIpc) is 3.27. The summed E-state index contributed by atoms with van der Waals surface area (Å²) < 4.78 is 1.90. The molecule has 0 saturated carbocycles. The molecule has 0 bridgehead atoms. The zero-order valence-electron chi connectivity index (χ0n) is 21.0. The van der Waals surface area contributed by atoms with E-state index in [4.69, 9.17) is 0 Å². The Hall–Kier alpha value is -3.32. The molecule has 0 unspecified atom stereocenters. The Morgan fingerprint density at radius 2 is 1.79 bits per heavy atom. The van der Waals surface area contributed by atoms with Gasteiger partial charge in [-0.1, -0.05) is 55.0 Å². The fourth-order valence-electron chi connectivity index (χ4n) is 4.45. The molecule has 2 heterocycles. The molecule has 2 aromatic carbocycles. The van der Waals surface area contributed by atoms with Gasteiger partial charge in [-0.2, -0.15) is 0 Å². The molecule has 0 spiro atoms. The van der Waals surface area contributed by atoms with E-state index in [2.05, 4.69) is 84.3 Å². The molecule has 1 atom stereocenters. The number of para-hydroxylation sites is 1. The predicted molar refractivity (Wildman–Crippen MR) is 136 cm³/mol. The third-order valence-corrected chi connectivity index (χ3v) is 6.30. The molecule has 178 valence electrons. The quantitative estimate of drug-likeness (QED) is 0.420. The van der Waals surface area contributed by atoms with Gasteiger partial charge in [-0.15, -0.1) is 5.10 Å². The molecule has 0 saturated heterocycles. The maximum absolute atomic E-state index is 13.1. The molecule has 2 aromatic heterocycles. The number of benzene rings is 2. The van der Waals surface area contributed by atoms with E-state index in [0.717, 1.165) is 34.3 Å². The van der Waals surface area contributed by atoms with Crippen molar-refractivity contribution in [2.75, 3.05) is 0 Å². The second kappa shape index (κ2) is 9.50. The van der Waals surface area contributed by atoms with Gasteiger partial charge in [-0.3, -0.25) is 9.69 Å². The molecule has 0 aliphatic rings. The SMILES string of the molecule is CC[C@H](c1nnnn1C(C)(C)C)N(Cc1ccc(C)cc1)Cc1cc2cccc(C)c2[nH]c1=O. The number of aromatic nitrogens is 5. The molecular formula is C27H34N6O. The molecule has 1 N–H and O–H groups in total. The number of tetrazole rings is 1. The Bertz CT molecular complexity index is 1330. The van der Waals surface area contributed by atoms with Gasteiger partial charge in [0, 0.05) is 18.7 Å². The van der Waals surface area contributed by atoms with Crippen LogP contribution in [0.25, 0.3) is 10.9 Å². The summed E-state index contributed by atoms with van der Waals surface area (Å²) in [6.07, 6.45) is 0.812. The molecule has 4 aromatic rings. The maximum atomic E-state index is 13.1. The smallest absolute Gasteiger partial charge is 0.252 e. The largest absolute Gasteiger partial charge is 0.321 e. The standard InChI is InChI=1S/C27H34N6O/c1-7-23(25-29-30-31-33(25)27(4,5)6)32(16-20-13-11-18(2)12-14-20)17-22-15-21-10-8-9-19(3)24(21)28-26(22)34/h8-15,23H,7,16-17H2,1-6H3,(H,28,34)/t23-/m1/s1. The summed E-state index contributed by atoms with van der Waals surface area (Å²) in [5.41, 5.74) is 4.80. The molecule has 0 radical (unpaired) electrons. The minimum atomic E-state index is -0.250. The molecule has 4 rings (SSSR count). The minimum Gasteiger partial charge on any atom is -0.321 e. The Balaban J connectivity index is 1.77. The zero-order valence-corrected chi connectivity index (χ0v) is 21.0. The number of nitrogens with zero attached hydrogens (tertiary/aromatic N) is 5. The molecule has 0 aliphatic heterocycles. The van der Waals surface area contributed by atoms with Gasteiger partial charge in [0.15, 0.2) is 5.82 Å². The molecular weight excluding hydrogens is 424 g/mol. The van der Waals surface area contributed by atoms with Crippen LogP contribution in [0.4, 0.5) is 0 Å². The highest BCUT2D eigenvalue weighted by Gasteiger charge is 2.29. The fraction of sp³-hybridized carbons (Fsp3) is 0.407. The maximum Gasteiger partial charge on any atom is 0.252 e. The number of fused-ring (bicyclic) bond motifs is 1. The van der Waals surface area contributed by atoms with Gasteiger partial charge in [-0.25, -0.2) is 4.68 Å². The van der Waals surface area contributed by atoms with E-state index in [-0.39, 0.29) is 17.1 Å². The summed E-state index contributed by atoms with van der Waals surface area (Å²) in [5.74, 6) is 0.815. The number of rotatable bonds is 7. The van der Waals surface area contributed by atoms with Gasteiger partial charge in [-0.05, 0) is 74.0 Å². The van der Waals surface area contributed by atoms with Crippen molar-refractivity contribution < 1.29 is 0 Å². The zero-order chi connectivity index (χ0) is 24.5. The van der Waals surface area contributed by atoms with Crippen molar-refractivity contribution in [1.82, 2.24) is 30.1 Å². The Kier molecular flexibility index (Phi) is 6.66. The van der Waals surface area contributed by atoms with Gasteiger partial charge >= 0.3 is 0 Å². The van der Waals surface area contributed by atoms with Crippen molar-refractivity contribution in [3.63, 3.8) is 0 Å². The van der Waals surface area contributed by atoms with Crippen molar-refractivity contribution in [2.24, 2.45) is 0 Å². The molecule has 0 aliphatic carbocycles. The van der Waals surface area contributed by atoms with Crippen LogP contribution in [0.2, 0.25) is 0 Å². The molecule has 0 fully saturated rings. The number of hydrogen-bond donors (Lipinski definition) is 1. The highest BCUT2D eigenvalue weighted by atomic mass is 16.1. The highest BCUT2D eigenvalue weighted by molar-refractivity contribution is 5.81. The first-order valence-corrected chi connectivity index (χ1v) is 11.9. The van der Waals surface area contributed by atoms with Crippen LogP contribution >= 0.6 is 0 Å². The van der Waals surface area contributed by atoms with E-state index in [1.54, 1.807) is 0 Å². The topological polar surface area (TPSA) is 79.7 Å². The van der Waals surface area contributed by atoms with Crippen LogP contribution in [-0.2, 0) is 18.6 Å². The van der Waals surface area contributed by atoms with Crippen molar-refractivity contribution in [2.45, 2.75) is 72.6 Å². The van der Waals surface area contributed by atoms with E-state index >= 15 is 0 Å². The Morgan fingerprint density at radius 1 is 1.06 bits per heavy atom. The lowest BCUT2D eigenvalue weighted by molar-refractivity contribution is 0.153. The number of pyridine rings is 1. The summed E-state index contributed by atoms with van der Waals surface area (Å²) in [6, 6.07) is 16.6. The molecule has 7 nitrogen and oxygen atoms in total. The predicted octanol–water partition coefficient (Wildman–Crippen LogP) is 5.04. The third kappa shape index (κ3) is 4.94. The van der Waals surface area contributed by atoms with Gasteiger partial charge < -0.3 is 4.98 Å². The number of nitrogens with one attached hydrogen (secondary N) is 1. The van der Waals surface area contributed by atoms with Crippen LogP contribution in [0.1, 0.15) is 68.2 Å². The normalized spacial score (nSPS) is 13.0. The van der Waals surface area contributed by atoms with Gasteiger partial charge in [0.05, 0.1) is 17.1 Å². The van der Waals surface area contributed by atoms with E-state index in [1.807, 2.05) is 35.9 Å². The van der Waals surface area contributed by atoms with Crippen LogP contribution in [0.3, 0.4) is 0 Å². The molecule has 7 heteroatoms. The van der Waals surface area contributed by atoms with Crippen LogP contribution in [0.15, 0.2) is 53.3 Å². The lowest BCUT2D eigenvalue weighted by Gasteiger charge is -2.32. The van der Waals surface area contributed by atoms with Crippen LogP contribution in [0.5, 0.6) is 0 Å². The van der Waals surface area contributed by atoms with E-state index in [1.165, 1.54) is 11.1 Å². The second-order valence-electron chi connectivity index (χ2n) is 10.1. The lowest BCUT2D eigenvalue weighted by Crippen LogP contribution is -2.35. The highest BCUT2D eigenvalue weighted by Crippen LogP contribution is 2.29. The van der Waals surface area contributed by atoms with Gasteiger partial charge in [0.2, 0.25) is 0 Å². The summed E-state index contributed by atoms with van der Waals surface area (Å²) >= 11 is 0. The molecule has 0 amide bonds. The van der Waals surface area contributed by atoms with Crippen molar-refractivity contribution in [3.8, 4) is 0 Å². The minimum absolute atomic E-state index is 0.0527. The summed E-state index contributed by atoms with van der Waals surface area (Å²) in [4.78, 5) is 18.5. The lowest BCUT2D eigenvalue weighted by atomic mass is 10.0. The fourth-order valence-corrected chi connectivity index (χ4v) is 4.45. The first-order chi connectivity index (χ1) is 16.2. The van der Waals surface area contributed by atoms with Crippen LogP contribution in [-0.4, -0.2) is 30.1 Å². The van der Waals surface area contributed by atoms with Crippen molar-refractivity contribution in [3.05, 3.63) is 87.0 Å². The van der Waals surface area contributed by atoms with Gasteiger partial charge in [0.25, 0.3) is 5.56 Å². The first-order valence-electron chi connectivity index (χ1n) is 11.9. The van der Waals surface area contributed by atoms with Crippen LogP contribution in [0, 0.1) is 13.8 Å². The third-order valence-electron chi connectivity index (χ3n) is 6.30. The average molecular weight is 459 g/mol. The summed E-state index contributed by atoms with van der Waals surface area (Å²) in [7, 11) is 0. The second-order valence-corrected chi connectivity index (χ2v) is 10.1. The number of aryl methyl sites for hydroxylation is 2. The number of aromatic amines is 1. The van der Waals surface area contributed by atoms with Crippen molar-refractivity contribution >= 4 is 10.9 Å². The Morgan fingerprint density at radius 3 is 2.47 bits per heavy atom. The first kappa shape index (κ1) is 23.8. The number of hydrogen-bond acceptors (Lipinski definition) is 5. The number of H-pyrrole nitrogens is 1. The van der Waals surface area contributed by atoms with E-state index in [9.17, 15) is 4.79 Å². The summed E-state index contributed by atoms with van der Waals surface area (Å²) in [5, 5.41) is 13.8. The Labute approximate surface area is 200 Å². The van der Waals surface area contributed by atoms with Gasteiger partial charge in [0.1, 0.15) is 0 Å².